The van der Waals surface area contributed by atoms with Crippen molar-refractivity contribution in [3.05, 3.63) is 113 Å². The van der Waals surface area contributed by atoms with E-state index in [0.717, 1.165) is 23.0 Å². The van der Waals surface area contributed by atoms with Crippen molar-refractivity contribution < 1.29 is 9.47 Å². The zero-order valence-corrected chi connectivity index (χ0v) is 38.9. The molecule has 8 aromatic rings. The predicted octanol–water partition coefficient (Wildman–Crippen LogP) is 11.1. The monoisotopic (exact) mass is 808 g/mol. The predicted molar refractivity (Wildman–Crippen MR) is 267 cm³/mol. The summed E-state index contributed by atoms with van der Waals surface area (Å²) < 4.78 is 14.1. The molecule has 0 spiro atoms. The molecular formula is C56H54B2O2Si. The molecular weight excluding hydrogens is 754 g/mol. The second kappa shape index (κ2) is 12.4. The topological polar surface area (TPSA) is 18.5 Å². The molecule has 0 radical (unpaired) electrons. The van der Waals surface area contributed by atoms with Crippen LogP contribution in [-0.2, 0) is 0 Å². The van der Waals surface area contributed by atoms with Crippen LogP contribution in [0, 0.1) is 6.92 Å². The number of hydrogen-bond acceptors (Lipinski definition) is 2. The summed E-state index contributed by atoms with van der Waals surface area (Å²) in [5.41, 5.74) is 20.2. The van der Waals surface area contributed by atoms with Crippen molar-refractivity contribution in [3.63, 3.8) is 0 Å². The van der Waals surface area contributed by atoms with Gasteiger partial charge in [0, 0.05) is 0 Å². The third-order valence-corrected chi connectivity index (χ3v) is 17.1. The van der Waals surface area contributed by atoms with E-state index in [9.17, 15) is 0 Å². The Labute approximate surface area is 363 Å². The zero-order chi connectivity index (χ0) is 42.3. The van der Waals surface area contributed by atoms with Crippen LogP contribution in [0.5, 0.6) is 23.0 Å². The lowest BCUT2D eigenvalue weighted by atomic mass is 9.31. The molecule has 0 atom stereocenters. The summed E-state index contributed by atoms with van der Waals surface area (Å²) in [4.78, 5) is 0. The first kappa shape index (κ1) is 37.5. The highest BCUT2D eigenvalue weighted by Crippen LogP contribution is 2.48. The maximum absolute atomic E-state index is 7.07. The van der Waals surface area contributed by atoms with Crippen molar-refractivity contribution in [1.82, 2.24) is 0 Å². The molecule has 0 bridgehead atoms. The number of fused-ring (bicyclic) bond motifs is 8. The molecule has 4 heterocycles. The molecule has 12 rings (SSSR count). The fourth-order valence-electron chi connectivity index (χ4n) is 11.8. The molecule has 0 saturated carbocycles. The van der Waals surface area contributed by atoms with Gasteiger partial charge in [-0.3, -0.25) is 0 Å². The largest absolute Gasteiger partial charge is 0.458 e. The first-order valence-corrected chi connectivity index (χ1v) is 26.4. The number of ether oxygens (including phenoxy) is 2. The average molecular weight is 809 g/mol. The van der Waals surface area contributed by atoms with E-state index in [1.165, 1.54) is 115 Å². The number of aryl methyl sites for hydroxylation is 1. The summed E-state index contributed by atoms with van der Waals surface area (Å²) in [5.74, 6) is 5.65. The first-order valence-electron chi connectivity index (χ1n) is 22.9. The molecule has 0 N–H and O–H groups in total. The molecule has 0 unspecified atom stereocenters. The summed E-state index contributed by atoms with van der Waals surface area (Å²) >= 11 is 0. The van der Waals surface area contributed by atoms with Gasteiger partial charge in [-0.15, -0.1) is 0 Å². The first-order chi connectivity index (χ1) is 29.1. The smallest absolute Gasteiger partial charge is 0.252 e. The van der Waals surface area contributed by atoms with Crippen LogP contribution >= 0.6 is 0 Å². The van der Waals surface area contributed by atoms with Crippen molar-refractivity contribution in [1.29, 1.82) is 0 Å². The van der Waals surface area contributed by atoms with Gasteiger partial charge in [0.05, 0.1) is 8.07 Å². The Kier molecular flexibility index (Phi) is 7.65. The van der Waals surface area contributed by atoms with Crippen molar-refractivity contribution >= 4 is 91.8 Å². The van der Waals surface area contributed by atoms with Crippen LogP contribution in [0.25, 0.3) is 54.6 Å². The van der Waals surface area contributed by atoms with E-state index in [4.69, 9.17) is 9.47 Å². The van der Waals surface area contributed by atoms with Gasteiger partial charge in [-0.25, -0.2) is 0 Å². The quantitative estimate of drug-likeness (QED) is 0.127. The van der Waals surface area contributed by atoms with Gasteiger partial charge in [0.1, 0.15) is 23.0 Å². The second-order valence-corrected chi connectivity index (χ2v) is 26.3. The van der Waals surface area contributed by atoms with Gasteiger partial charge in [-0.05, 0) is 159 Å². The van der Waals surface area contributed by atoms with E-state index in [-0.39, 0.29) is 13.4 Å². The Morgan fingerprint density at radius 2 is 0.836 bits per heavy atom. The Balaban J connectivity index is 1.28. The molecule has 4 aliphatic heterocycles. The number of benzene rings is 8. The SMILES string of the molecule is Cc1cc2c3c(cc4c([Si](C)(C)C)cc5c6c(cc1c3c46)B1c3ccc(C(C)C)cc3Oc3cc(C(C)C)cc-5c31)B1c3ccc(C(C)C)cc3Oc3cc(C(C)C)cc-2c31. The van der Waals surface area contributed by atoms with E-state index in [1.807, 2.05) is 0 Å². The summed E-state index contributed by atoms with van der Waals surface area (Å²) in [5, 5.41) is 10.2. The second-order valence-electron chi connectivity index (χ2n) is 21.2. The average Bonchev–Trinajstić information content (AvgIpc) is 3.22. The molecule has 8 aromatic carbocycles. The van der Waals surface area contributed by atoms with Crippen LogP contribution in [0.1, 0.15) is 107 Å². The maximum atomic E-state index is 7.07. The standard InChI is InChI=1S/C56H54B2O2Si/c1-27(2)32-13-15-42-46(20-32)60-49-23-35(30(7)8)19-40-38-26-50(61(10,11)12)41-25-45-51-37(17-31(9)36-24-44(57(42)56(40)49)52(38)54(41)53(36)51)39-18-34(29(5)6)22-48-55(39)58(45)43-16-14-33(28(3)4)21-47(43)59-48/h13-30H,1-12H3. The molecule has 2 nitrogen and oxygen atoms in total. The van der Waals surface area contributed by atoms with Crippen molar-refractivity contribution in [2.45, 2.75) is 106 Å². The third kappa shape index (κ3) is 4.99. The maximum Gasteiger partial charge on any atom is 0.252 e. The minimum absolute atomic E-state index is 0.0777. The molecule has 0 fully saturated rings. The molecule has 0 aliphatic carbocycles. The fourth-order valence-corrected chi connectivity index (χ4v) is 13.4. The Hall–Kier alpha value is -5.25. The summed E-state index contributed by atoms with van der Waals surface area (Å²) in [6.45, 7) is 28.6. The fraction of sp³-hybridized carbons (Fsp3) is 0.286. The van der Waals surface area contributed by atoms with E-state index in [1.54, 1.807) is 5.19 Å². The molecule has 0 amide bonds. The molecule has 5 heteroatoms. The minimum atomic E-state index is -1.94. The molecule has 0 aromatic heterocycles. The normalized spacial score (nSPS) is 14.4. The van der Waals surface area contributed by atoms with Gasteiger partial charge < -0.3 is 9.47 Å². The van der Waals surface area contributed by atoms with Crippen LogP contribution in [-0.4, -0.2) is 21.5 Å². The Bertz CT molecular complexity index is 3270. The van der Waals surface area contributed by atoms with Gasteiger partial charge >= 0.3 is 0 Å². The van der Waals surface area contributed by atoms with Gasteiger partial charge in [0.15, 0.2) is 0 Å². The lowest BCUT2D eigenvalue weighted by Gasteiger charge is -2.38. The highest BCUT2D eigenvalue weighted by atomic mass is 28.3. The lowest BCUT2D eigenvalue weighted by molar-refractivity contribution is 0.485. The van der Waals surface area contributed by atoms with Crippen LogP contribution < -0.4 is 47.4 Å². The third-order valence-electron chi connectivity index (χ3n) is 15.1. The highest BCUT2D eigenvalue weighted by molar-refractivity contribution is 7.02. The van der Waals surface area contributed by atoms with Crippen LogP contribution in [0.15, 0.2) is 84.9 Å². The summed E-state index contributed by atoms with van der Waals surface area (Å²) in [6, 6.07) is 34.3. The zero-order valence-electron chi connectivity index (χ0n) is 37.9. The van der Waals surface area contributed by atoms with Gasteiger partial charge in [-0.1, -0.05) is 152 Å². The lowest BCUT2D eigenvalue weighted by Crippen LogP contribution is -2.58. The Morgan fingerprint density at radius 1 is 0.410 bits per heavy atom. The van der Waals surface area contributed by atoms with E-state index in [2.05, 4.69) is 167 Å². The summed E-state index contributed by atoms with van der Waals surface area (Å²) in [7, 11) is -1.94. The molecule has 300 valence electrons. The number of hydrogen-bond donors (Lipinski definition) is 0. The molecule has 61 heavy (non-hydrogen) atoms. The minimum Gasteiger partial charge on any atom is -0.458 e. The Morgan fingerprint density at radius 3 is 1.30 bits per heavy atom. The van der Waals surface area contributed by atoms with E-state index in [0.29, 0.717) is 23.7 Å². The van der Waals surface area contributed by atoms with Crippen LogP contribution in [0.4, 0.5) is 0 Å². The van der Waals surface area contributed by atoms with Crippen LogP contribution in [0.3, 0.4) is 0 Å². The van der Waals surface area contributed by atoms with Crippen molar-refractivity contribution in [2.75, 3.05) is 0 Å². The highest BCUT2D eigenvalue weighted by Gasteiger charge is 2.45. The van der Waals surface area contributed by atoms with Gasteiger partial charge in [-0.2, -0.15) is 0 Å². The van der Waals surface area contributed by atoms with Crippen molar-refractivity contribution in [2.24, 2.45) is 0 Å². The van der Waals surface area contributed by atoms with Gasteiger partial charge in [0.25, 0.3) is 13.4 Å². The van der Waals surface area contributed by atoms with Crippen LogP contribution in [0.2, 0.25) is 19.6 Å². The van der Waals surface area contributed by atoms with E-state index >= 15 is 0 Å². The van der Waals surface area contributed by atoms with Gasteiger partial charge in [0.2, 0.25) is 0 Å². The molecule has 4 aliphatic rings. The summed E-state index contributed by atoms with van der Waals surface area (Å²) in [6.07, 6.45) is 0. The van der Waals surface area contributed by atoms with E-state index < -0.39 is 8.07 Å². The number of rotatable bonds is 5. The molecule has 0 saturated heterocycles. The van der Waals surface area contributed by atoms with Crippen molar-refractivity contribution in [3.8, 4) is 45.3 Å².